The number of carbonyl (C=O) groups excluding carboxylic acids is 1. The summed E-state index contributed by atoms with van der Waals surface area (Å²) in [6, 6.07) is 11.5. The zero-order valence-electron chi connectivity index (χ0n) is 10.9. The SMILES string of the molecule is Cc1ccnc(N2CC(=O)Nc3ccccc32)c1C#N. The highest BCUT2D eigenvalue weighted by Crippen LogP contribution is 2.35. The smallest absolute Gasteiger partial charge is 0.244 e. The van der Waals surface area contributed by atoms with Crippen LogP contribution in [0.25, 0.3) is 0 Å². The van der Waals surface area contributed by atoms with E-state index in [0.29, 0.717) is 11.4 Å². The molecule has 5 heteroatoms. The van der Waals surface area contributed by atoms with Crippen LogP contribution in [0.2, 0.25) is 0 Å². The maximum atomic E-state index is 11.8. The number of para-hydroxylation sites is 2. The lowest BCUT2D eigenvalue weighted by Crippen LogP contribution is -2.35. The van der Waals surface area contributed by atoms with Gasteiger partial charge >= 0.3 is 0 Å². The summed E-state index contributed by atoms with van der Waals surface area (Å²) >= 11 is 0. The van der Waals surface area contributed by atoms with Crippen molar-refractivity contribution in [3.05, 3.63) is 47.7 Å². The summed E-state index contributed by atoms with van der Waals surface area (Å²) in [5.41, 5.74) is 2.93. The summed E-state index contributed by atoms with van der Waals surface area (Å²) in [7, 11) is 0. The number of hydrogen-bond acceptors (Lipinski definition) is 4. The minimum Gasteiger partial charge on any atom is -0.323 e. The maximum absolute atomic E-state index is 11.8. The van der Waals surface area contributed by atoms with Gasteiger partial charge in [0, 0.05) is 6.20 Å². The van der Waals surface area contributed by atoms with Crippen molar-refractivity contribution in [2.45, 2.75) is 6.92 Å². The summed E-state index contributed by atoms with van der Waals surface area (Å²) in [6.07, 6.45) is 1.65. The molecule has 0 bridgehead atoms. The third kappa shape index (κ3) is 1.88. The number of amides is 1. The van der Waals surface area contributed by atoms with Crippen molar-refractivity contribution in [3.8, 4) is 6.07 Å². The number of hydrogen-bond donors (Lipinski definition) is 1. The zero-order chi connectivity index (χ0) is 14.1. The second kappa shape index (κ2) is 4.67. The fraction of sp³-hybridized carbons (Fsp3) is 0.133. The van der Waals surface area contributed by atoms with Gasteiger partial charge in [0.1, 0.15) is 12.6 Å². The van der Waals surface area contributed by atoms with Gasteiger partial charge in [-0.25, -0.2) is 4.98 Å². The number of fused-ring (bicyclic) bond motifs is 1. The fourth-order valence-corrected chi connectivity index (χ4v) is 2.31. The van der Waals surface area contributed by atoms with Crippen LogP contribution in [-0.2, 0) is 4.79 Å². The van der Waals surface area contributed by atoms with Gasteiger partial charge in [0.2, 0.25) is 5.91 Å². The Labute approximate surface area is 116 Å². The third-order valence-electron chi connectivity index (χ3n) is 3.28. The molecule has 2 heterocycles. The quantitative estimate of drug-likeness (QED) is 0.858. The molecule has 1 amide bonds. The molecule has 1 N–H and O–H groups in total. The monoisotopic (exact) mass is 264 g/mol. The van der Waals surface area contributed by atoms with E-state index in [1.807, 2.05) is 31.2 Å². The molecule has 1 aromatic carbocycles. The molecular weight excluding hydrogens is 252 g/mol. The first-order valence-electron chi connectivity index (χ1n) is 6.23. The Kier molecular flexibility index (Phi) is 2.84. The summed E-state index contributed by atoms with van der Waals surface area (Å²) < 4.78 is 0. The number of benzene rings is 1. The Hall–Kier alpha value is -2.87. The van der Waals surface area contributed by atoms with Crippen LogP contribution < -0.4 is 10.2 Å². The van der Waals surface area contributed by atoms with Crippen LogP contribution in [-0.4, -0.2) is 17.4 Å². The van der Waals surface area contributed by atoms with Crippen LogP contribution in [0.1, 0.15) is 11.1 Å². The normalized spacial score (nSPS) is 13.4. The van der Waals surface area contributed by atoms with E-state index in [0.717, 1.165) is 16.9 Å². The average molecular weight is 264 g/mol. The Bertz CT molecular complexity index is 733. The molecule has 98 valence electrons. The lowest BCUT2D eigenvalue weighted by molar-refractivity contribution is -0.115. The van der Waals surface area contributed by atoms with Gasteiger partial charge < -0.3 is 10.2 Å². The molecule has 20 heavy (non-hydrogen) atoms. The standard InChI is InChI=1S/C15H12N4O/c1-10-6-7-17-15(11(10)8-16)19-9-14(20)18-12-4-2-3-5-13(12)19/h2-7H,9H2,1H3,(H,18,20). The molecule has 2 aromatic rings. The lowest BCUT2D eigenvalue weighted by atomic mass is 10.1. The first kappa shape index (κ1) is 12.2. The van der Waals surface area contributed by atoms with Crippen LogP contribution in [0.15, 0.2) is 36.5 Å². The molecule has 0 unspecified atom stereocenters. The van der Waals surface area contributed by atoms with Crippen LogP contribution >= 0.6 is 0 Å². The molecule has 0 saturated carbocycles. The highest BCUT2D eigenvalue weighted by Gasteiger charge is 2.25. The number of aryl methyl sites for hydroxylation is 1. The summed E-state index contributed by atoms with van der Waals surface area (Å²) in [5.74, 6) is 0.408. The van der Waals surface area contributed by atoms with Crippen LogP contribution in [0, 0.1) is 18.3 Å². The number of nitrogens with one attached hydrogen (secondary N) is 1. The molecule has 1 aromatic heterocycles. The zero-order valence-corrected chi connectivity index (χ0v) is 10.9. The number of rotatable bonds is 1. The van der Waals surface area contributed by atoms with Gasteiger partial charge in [-0.15, -0.1) is 0 Å². The minimum absolute atomic E-state index is 0.115. The van der Waals surface area contributed by atoms with Gasteiger partial charge in [-0.05, 0) is 30.7 Å². The average Bonchev–Trinajstić information content (AvgIpc) is 2.46. The van der Waals surface area contributed by atoms with Crippen LogP contribution in [0.5, 0.6) is 0 Å². The van der Waals surface area contributed by atoms with E-state index in [1.54, 1.807) is 17.2 Å². The molecule has 0 saturated heterocycles. The number of nitrogens with zero attached hydrogens (tertiary/aromatic N) is 3. The molecule has 0 atom stereocenters. The first-order valence-corrected chi connectivity index (χ1v) is 6.23. The van der Waals surface area contributed by atoms with Crippen molar-refractivity contribution in [2.24, 2.45) is 0 Å². The molecule has 1 aliphatic rings. The lowest BCUT2D eigenvalue weighted by Gasteiger charge is -2.30. The number of anilines is 3. The van der Waals surface area contributed by atoms with Crippen molar-refractivity contribution in [3.63, 3.8) is 0 Å². The summed E-state index contributed by atoms with van der Waals surface area (Å²) in [4.78, 5) is 17.9. The number of nitriles is 1. The molecule has 0 radical (unpaired) electrons. The predicted molar refractivity (Wildman–Crippen MR) is 75.8 cm³/mol. The van der Waals surface area contributed by atoms with Crippen LogP contribution in [0.3, 0.4) is 0 Å². The second-order valence-corrected chi connectivity index (χ2v) is 4.59. The van der Waals surface area contributed by atoms with E-state index in [1.165, 1.54) is 0 Å². The highest BCUT2D eigenvalue weighted by atomic mass is 16.2. The van der Waals surface area contributed by atoms with E-state index < -0.39 is 0 Å². The first-order chi connectivity index (χ1) is 9.70. The van der Waals surface area contributed by atoms with Gasteiger partial charge in [-0.2, -0.15) is 5.26 Å². The topological polar surface area (TPSA) is 69.0 Å². The van der Waals surface area contributed by atoms with Crippen molar-refractivity contribution >= 4 is 23.1 Å². The van der Waals surface area contributed by atoms with E-state index >= 15 is 0 Å². The maximum Gasteiger partial charge on any atom is 0.244 e. The van der Waals surface area contributed by atoms with Gasteiger partial charge in [0.05, 0.1) is 16.9 Å². The predicted octanol–water partition coefficient (Wildman–Crippen LogP) is 2.35. The molecule has 1 aliphatic heterocycles. The Morgan fingerprint density at radius 2 is 2.15 bits per heavy atom. The number of pyridine rings is 1. The van der Waals surface area contributed by atoms with E-state index in [9.17, 15) is 10.1 Å². The van der Waals surface area contributed by atoms with Crippen LogP contribution in [0.4, 0.5) is 17.2 Å². The second-order valence-electron chi connectivity index (χ2n) is 4.59. The highest BCUT2D eigenvalue weighted by molar-refractivity contribution is 6.03. The number of carbonyl (C=O) groups is 1. The van der Waals surface area contributed by atoms with Crippen molar-refractivity contribution in [2.75, 3.05) is 16.8 Å². The van der Waals surface area contributed by atoms with Gasteiger partial charge in [-0.3, -0.25) is 4.79 Å². The molecule has 3 rings (SSSR count). The molecular formula is C15H12N4O. The molecule has 0 fully saturated rings. The van der Waals surface area contributed by atoms with Gasteiger partial charge in [0.15, 0.2) is 5.82 Å². The molecule has 0 spiro atoms. The minimum atomic E-state index is -0.115. The summed E-state index contributed by atoms with van der Waals surface area (Å²) in [6.45, 7) is 2.02. The largest absolute Gasteiger partial charge is 0.323 e. The third-order valence-corrected chi connectivity index (χ3v) is 3.28. The van der Waals surface area contributed by atoms with Gasteiger partial charge in [0.25, 0.3) is 0 Å². The van der Waals surface area contributed by atoms with Crippen molar-refractivity contribution in [1.82, 2.24) is 4.98 Å². The van der Waals surface area contributed by atoms with Crippen molar-refractivity contribution < 1.29 is 4.79 Å². The Balaban J connectivity index is 2.19. The Morgan fingerprint density at radius 1 is 1.35 bits per heavy atom. The van der Waals surface area contributed by atoms with E-state index in [-0.39, 0.29) is 12.5 Å². The van der Waals surface area contributed by atoms with Gasteiger partial charge in [-0.1, -0.05) is 12.1 Å². The molecule has 0 aliphatic carbocycles. The van der Waals surface area contributed by atoms with E-state index in [4.69, 9.17) is 0 Å². The Morgan fingerprint density at radius 3 is 2.95 bits per heavy atom. The fourth-order valence-electron chi connectivity index (χ4n) is 2.31. The summed E-state index contributed by atoms with van der Waals surface area (Å²) in [5, 5.41) is 12.1. The van der Waals surface area contributed by atoms with Crippen molar-refractivity contribution in [1.29, 1.82) is 5.26 Å². The van der Waals surface area contributed by atoms with E-state index in [2.05, 4.69) is 16.4 Å². The molecule has 5 nitrogen and oxygen atoms in total. The number of aromatic nitrogens is 1.